The van der Waals surface area contributed by atoms with Crippen molar-refractivity contribution in [3.63, 3.8) is 0 Å². The Labute approximate surface area is 300 Å². The monoisotopic (exact) mass is 721 g/mol. The van der Waals surface area contributed by atoms with E-state index in [1.54, 1.807) is 26.2 Å². The van der Waals surface area contributed by atoms with Gasteiger partial charge in [0.25, 0.3) is 11.8 Å². The summed E-state index contributed by atoms with van der Waals surface area (Å²) < 4.78 is 35.8. The van der Waals surface area contributed by atoms with Crippen molar-refractivity contribution in [2.24, 2.45) is 29.2 Å². The quantitative estimate of drug-likeness (QED) is 0.321. The minimum atomic E-state index is -3.50. The smallest absolute Gasteiger partial charge is 0.286 e. The number of amides is 2. The molecule has 2 aromatic carbocycles. The zero-order chi connectivity index (χ0) is 35.2. The van der Waals surface area contributed by atoms with E-state index in [1.165, 1.54) is 15.8 Å². The van der Waals surface area contributed by atoms with Gasteiger partial charge in [0.15, 0.2) is 0 Å². The molecule has 10 nitrogen and oxygen atoms in total. The fourth-order valence-electron chi connectivity index (χ4n) is 8.80. The maximum Gasteiger partial charge on any atom is 0.286 e. The molecule has 1 unspecified atom stereocenters. The summed E-state index contributed by atoms with van der Waals surface area (Å²) in [7, 11) is 0.0420. The molecular weight excluding hydrogens is 674 g/mol. The summed E-state index contributed by atoms with van der Waals surface area (Å²) in [5, 5.41) is 5.01. The maximum atomic E-state index is 14.5. The largest absolute Gasteiger partial charge is 0.490 e. The molecule has 6 atom stereocenters. The standard InChI is InChI=1S/C38H48ClN5O5S/c1-24-7-5-9-34(48-4)30-13-10-28(30)19-44-22-38(16-6-8-26-17-29(39)12-14-32(26)38)23-49-35-15-11-27(18-33(35)44)36(45)41-50(47,21-24)42-37(46)31-20-43(3)40-25(31)2/h11-12,14-15,17-18,20,24,28,30,34H,5-10,13,16,19,21-23H2,1-4H3,(H,41,42,45,46,47)/t24-,28-,30+,34-,38-,50?/m0/s1. The van der Waals surface area contributed by atoms with Crippen LogP contribution < -0.4 is 14.4 Å². The van der Waals surface area contributed by atoms with Crippen molar-refractivity contribution in [1.29, 1.82) is 0 Å². The first-order valence-corrected chi connectivity index (χ1v) is 20.0. The molecule has 268 valence electrons. The maximum absolute atomic E-state index is 14.5. The Kier molecular flexibility index (Phi) is 9.77. The van der Waals surface area contributed by atoms with Gasteiger partial charge in [0.05, 0.1) is 35.4 Å². The van der Waals surface area contributed by atoms with E-state index < -0.39 is 21.7 Å². The molecular formula is C38H48ClN5O5S. The summed E-state index contributed by atoms with van der Waals surface area (Å²) in [5.74, 6) is 0.394. The normalized spacial score (nSPS) is 29.9. The zero-order valence-electron chi connectivity index (χ0n) is 29.5. The number of carbonyl (C=O) groups excluding carboxylic acids is 2. The number of ether oxygens (including phenoxy) is 2. The highest BCUT2D eigenvalue weighted by Crippen LogP contribution is 2.47. The number of rotatable bonds is 3. The predicted octanol–water partition coefficient (Wildman–Crippen LogP) is 6.67. The van der Waals surface area contributed by atoms with Gasteiger partial charge in [-0.25, -0.2) is 4.21 Å². The van der Waals surface area contributed by atoms with Gasteiger partial charge in [-0.2, -0.15) is 5.10 Å². The predicted molar refractivity (Wildman–Crippen MR) is 195 cm³/mol. The van der Waals surface area contributed by atoms with E-state index >= 15 is 0 Å². The zero-order valence-corrected chi connectivity index (χ0v) is 31.0. The summed E-state index contributed by atoms with van der Waals surface area (Å²) in [6.07, 6.45) is 9.50. The average molecular weight is 722 g/mol. The van der Waals surface area contributed by atoms with Gasteiger partial charge in [0.1, 0.15) is 15.7 Å². The minimum absolute atomic E-state index is 0.0552. The van der Waals surface area contributed by atoms with E-state index in [0.29, 0.717) is 35.3 Å². The fourth-order valence-corrected chi connectivity index (χ4v) is 10.9. The molecule has 2 amide bonds. The second kappa shape index (κ2) is 14.0. The van der Waals surface area contributed by atoms with E-state index in [4.69, 9.17) is 21.1 Å². The molecule has 2 aliphatic carbocycles. The Hall–Kier alpha value is -3.41. The lowest BCUT2D eigenvalue weighted by atomic mass is 9.68. The van der Waals surface area contributed by atoms with Gasteiger partial charge >= 0.3 is 0 Å². The molecule has 7 rings (SSSR count). The molecule has 3 aromatic rings. The van der Waals surface area contributed by atoms with Crippen molar-refractivity contribution in [2.75, 3.05) is 37.5 Å². The second-order valence-electron chi connectivity index (χ2n) is 15.0. The summed E-state index contributed by atoms with van der Waals surface area (Å²) >= 11 is 6.46. The number of nitrogens with zero attached hydrogens (tertiary/aromatic N) is 4. The summed E-state index contributed by atoms with van der Waals surface area (Å²) in [4.78, 5) is 29.8. The lowest BCUT2D eigenvalue weighted by Crippen LogP contribution is -2.49. The molecule has 2 bridgehead atoms. The van der Waals surface area contributed by atoms with Crippen LogP contribution in [0.3, 0.4) is 0 Å². The van der Waals surface area contributed by atoms with Crippen molar-refractivity contribution in [1.82, 2.24) is 14.5 Å². The number of hydrogen-bond donors (Lipinski definition) is 1. The van der Waals surface area contributed by atoms with Crippen LogP contribution >= 0.6 is 11.6 Å². The third kappa shape index (κ3) is 6.93. The molecule has 1 spiro atoms. The van der Waals surface area contributed by atoms with E-state index in [0.717, 1.165) is 80.9 Å². The number of hydrogen-bond acceptors (Lipinski definition) is 7. The van der Waals surface area contributed by atoms with Crippen molar-refractivity contribution >= 4 is 39.0 Å². The van der Waals surface area contributed by atoms with Crippen LogP contribution in [0.1, 0.15) is 89.4 Å². The van der Waals surface area contributed by atoms with Gasteiger partial charge in [0, 0.05) is 49.4 Å². The number of halogens is 1. The summed E-state index contributed by atoms with van der Waals surface area (Å²) in [5.41, 5.74) is 4.27. The van der Waals surface area contributed by atoms with Gasteiger partial charge in [-0.15, -0.1) is 4.36 Å². The number of fused-ring (bicyclic) bond motifs is 4. The molecule has 0 radical (unpaired) electrons. The number of anilines is 1. The number of nitrogens with one attached hydrogen (secondary N) is 1. The number of methoxy groups -OCH3 is 1. The first kappa shape index (κ1) is 35.0. The molecule has 0 saturated heterocycles. The lowest BCUT2D eigenvalue weighted by Gasteiger charge is -2.46. The Balaban J connectivity index is 1.30. The van der Waals surface area contributed by atoms with Crippen LogP contribution in [0.25, 0.3) is 0 Å². The molecule has 1 fully saturated rings. The van der Waals surface area contributed by atoms with E-state index in [2.05, 4.69) is 31.2 Å². The van der Waals surface area contributed by atoms with Crippen LogP contribution in [0, 0.1) is 24.7 Å². The van der Waals surface area contributed by atoms with Gasteiger partial charge in [-0.3, -0.25) is 19.0 Å². The van der Waals surface area contributed by atoms with Crippen LogP contribution in [0.15, 0.2) is 47.0 Å². The van der Waals surface area contributed by atoms with Crippen molar-refractivity contribution in [2.45, 2.75) is 76.7 Å². The topological polar surface area (TPSA) is 115 Å². The van der Waals surface area contributed by atoms with Crippen molar-refractivity contribution < 1.29 is 23.3 Å². The van der Waals surface area contributed by atoms with Crippen LogP contribution in [-0.2, 0) is 33.5 Å². The lowest BCUT2D eigenvalue weighted by molar-refractivity contribution is -0.0223. The van der Waals surface area contributed by atoms with E-state index in [9.17, 15) is 13.8 Å². The SMILES string of the molecule is CO[C@H]1CCC[C@H](C)CS(=O)(NC(=O)c2cn(C)nc2C)=NC(=O)c2ccc3c(c2)N(C[C@@H]2CC[C@H]21)C[C@@]1(CCCc2cc(Cl)ccc21)CO3. The Morgan fingerprint density at radius 2 is 1.98 bits per heavy atom. The number of aryl methyl sites for hydroxylation is 3. The van der Waals surface area contributed by atoms with Gasteiger partial charge in [-0.05, 0) is 111 Å². The first-order valence-electron chi connectivity index (χ1n) is 17.9. The van der Waals surface area contributed by atoms with Crippen LogP contribution in [0.2, 0.25) is 5.02 Å². The first-order chi connectivity index (χ1) is 24.0. The molecule has 50 heavy (non-hydrogen) atoms. The van der Waals surface area contributed by atoms with Gasteiger partial charge in [-0.1, -0.05) is 31.0 Å². The highest BCUT2D eigenvalue weighted by molar-refractivity contribution is 7.92. The molecule has 12 heteroatoms. The average Bonchev–Trinajstić information content (AvgIpc) is 3.33. The number of aromatic nitrogens is 2. The van der Waals surface area contributed by atoms with Crippen LogP contribution in [-0.4, -0.2) is 64.5 Å². The van der Waals surface area contributed by atoms with Crippen molar-refractivity contribution in [3.8, 4) is 5.75 Å². The molecule has 3 heterocycles. The number of carbonyl (C=O) groups is 2. The van der Waals surface area contributed by atoms with Gasteiger partial charge in [0.2, 0.25) is 0 Å². The van der Waals surface area contributed by atoms with Crippen molar-refractivity contribution in [3.05, 3.63) is 75.6 Å². The van der Waals surface area contributed by atoms with Gasteiger partial charge < -0.3 is 14.4 Å². The summed E-state index contributed by atoms with van der Waals surface area (Å²) in [6, 6.07) is 11.6. The molecule has 1 N–H and O–H groups in total. The molecule has 1 saturated carbocycles. The third-order valence-corrected chi connectivity index (χ3v) is 13.7. The van der Waals surface area contributed by atoms with Crippen LogP contribution in [0.5, 0.6) is 5.75 Å². The number of benzene rings is 2. The minimum Gasteiger partial charge on any atom is -0.490 e. The summed E-state index contributed by atoms with van der Waals surface area (Å²) in [6.45, 7) is 5.79. The fraction of sp³-hybridized carbons (Fsp3) is 0.553. The molecule has 2 aliphatic heterocycles. The van der Waals surface area contributed by atoms with E-state index in [-0.39, 0.29) is 23.2 Å². The molecule has 1 aromatic heterocycles. The highest BCUT2D eigenvalue weighted by atomic mass is 35.5. The Morgan fingerprint density at radius 3 is 2.72 bits per heavy atom. The van der Waals surface area contributed by atoms with Crippen LogP contribution in [0.4, 0.5) is 5.69 Å². The molecule has 4 aliphatic rings. The highest BCUT2D eigenvalue weighted by Gasteiger charge is 2.44. The Morgan fingerprint density at radius 1 is 1.14 bits per heavy atom. The third-order valence-electron chi connectivity index (χ3n) is 11.4. The second-order valence-corrected chi connectivity index (χ2v) is 17.5. The van der Waals surface area contributed by atoms with E-state index in [1.807, 2.05) is 32.2 Å². The Bertz CT molecular complexity index is 1920.